The zero-order valence-corrected chi connectivity index (χ0v) is 24.3. The Morgan fingerprint density at radius 3 is 2.38 bits per heavy atom. The molecule has 7 rings (SSSR count). The third-order valence-electron chi connectivity index (χ3n) is 6.94. The Labute approximate surface area is 247 Å². The fourth-order valence-corrected chi connectivity index (χ4v) is 5.22. The quantitative estimate of drug-likeness (QED) is 0.170. The van der Waals surface area contributed by atoms with Crippen LogP contribution in [-0.4, -0.2) is 19.3 Å². The van der Waals surface area contributed by atoms with Crippen molar-refractivity contribution >= 4 is 21.8 Å². The van der Waals surface area contributed by atoms with Crippen LogP contribution in [0, 0.1) is 19.9 Å². The van der Waals surface area contributed by atoms with Crippen molar-refractivity contribution in [2.24, 2.45) is 0 Å². The third kappa shape index (κ3) is 4.63. The number of ether oxygens (including phenoxy) is 1. The van der Waals surface area contributed by atoms with Crippen LogP contribution in [0.4, 0.5) is 0 Å². The van der Waals surface area contributed by atoms with Gasteiger partial charge in [0.2, 0.25) is 0 Å². The summed E-state index contributed by atoms with van der Waals surface area (Å²) in [5.74, 6) is 2.20. The number of hydrogen-bond donors (Lipinski definition) is 0. The topological polar surface area (TPSA) is 44.9 Å². The summed E-state index contributed by atoms with van der Waals surface area (Å²) in [7, 11) is 0. The van der Waals surface area contributed by atoms with Crippen LogP contribution >= 0.6 is 0 Å². The number of para-hydroxylation sites is 1. The van der Waals surface area contributed by atoms with E-state index < -0.39 is 0 Å². The molecule has 6 heteroatoms. The minimum Gasteiger partial charge on any atom is -0.483 e. The molecular weight excluding hydrogens is 675 g/mol. The van der Waals surface area contributed by atoms with Gasteiger partial charge in [0, 0.05) is 50.3 Å². The van der Waals surface area contributed by atoms with Crippen molar-refractivity contribution in [1.82, 2.24) is 19.3 Å². The normalized spacial score (nSPS) is 11.1. The first-order valence-electron chi connectivity index (χ1n) is 12.9. The van der Waals surface area contributed by atoms with E-state index in [1.807, 2.05) is 60.3 Å². The minimum atomic E-state index is 0. The van der Waals surface area contributed by atoms with E-state index in [0.29, 0.717) is 5.75 Å². The van der Waals surface area contributed by atoms with Gasteiger partial charge in [-0.15, -0.1) is 17.5 Å². The maximum Gasteiger partial charge on any atom is 0.136 e. The van der Waals surface area contributed by atoms with Crippen LogP contribution in [0.5, 0.6) is 11.5 Å². The first-order chi connectivity index (χ1) is 19.1. The van der Waals surface area contributed by atoms with Crippen LogP contribution in [0.2, 0.25) is 0 Å². The predicted molar refractivity (Wildman–Crippen MR) is 156 cm³/mol. The van der Waals surface area contributed by atoms with Gasteiger partial charge < -0.3 is 9.30 Å². The molecule has 7 aromatic rings. The van der Waals surface area contributed by atoms with E-state index >= 15 is 0 Å². The SMILES string of the molecule is Cc1cc(C)n(-c2cccc(Oc3[c-]c4c(cc3)c3ccccc3n4-c3cc(-c4ccccc4)ccn3)c2)n1.[Pt]. The Balaban J connectivity index is 0.00000289. The van der Waals surface area contributed by atoms with Crippen LogP contribution in [-0.2, 0) is 21.1 Å². The first-order valence-corrected chi connectivity index (χ1v) is 12.9. The molecule has 0 bridgehead atoms. The van der Waals surface area contributed by atoms with Crippen LogP contribution in [0.3, 0.4) is 0 Å². The van der Waals surface area contributed by atoms with Crippen LogP contribution in [0.1, 0.15) is 11.4 Å². The van der Waals surface area contributed by atoms with E-state index in [2.05, 4.69) is 89.4 Å². The molecule has 0 aliphatic carbocycles. The molecule has 0 saturated carbocycles. The van der Waals surface area contributed by atoms with Crippen molar-refractivity contribution in [2.75, 3.05) is 0 Å². The summed E-state index contributed by atoms with van der Waals surface area (Å²) >= 11 is 0. The summed E-state index contributed by atoms with van der Waals surface area (Å²) in [6, 6.07) is 40.6. The number of aryl methyl sites for hydroxylation is 2. The molecule has 40 heavy (non-hydrogen) atoms. The number of hydrogen-bond acceptors (Lipinski definition) is 3. The zero-order chi connectivity index (χ0) is 26.3. The molecule has 198 valence electrons. The molecule has 0 N–H and O–H groups in total. The van der Waals surface area contributed by atoms with Crippen molar-refractivity contribution in [1.29, 1.82) is 0 Å². The minimum absolute atomic E-state index is 0. The average molecular weight is 701 g/mol. The van der Waals surface area contributed by atoms with Crippen LogP contribution in [0.25, 0.3) is 44.4 Å². The Morgan fingerprint density at radius 2 is 1.55 bits per heavy atom. The van der Waals surface area contributed by atoms with Gasteiger partial charge >= 0.3 is 0 Å². The second kappa shape index (κ2) is 10.6. The number of aromatic nitrogens is 4. The van der Waals surface area contributed by atoms with Crippen molar-refractivity contribution in [2.45, 2.75) is 13.8 Å². The Bertz CT molecular complexity index is 1970. The van der Waals surface area contributed by atoms with Gasteiger partial charge in [-0.3, -0.25) is 0 Å². The monoisotopic (exact) mass is 700 g/mol. The van der Waals surface area contributed by atoms with Gasteiger partial charge in [-0.2, -0.15) is 11.2 Å². The molecule has 4 aromatic carbocycles. The van der Waals surface area contributed by atoms with Crippen molar-refractivity contribution in [3.8, 4) is 34.1 Å². The van der Waals surface area contributed by atoms with Crippen LogP contribution in [0.15, 0.2) is 115 Å². The fraction of sp³-hybridized carbons (Fsp3) is 0.0588. The largest absolute Gasteiger partial charge is 0.483 e. The number of pyridine rings is 1. The average Bonchev–Trinajstić information content (AvgIpc) is 3.49. The van der Waals surface area contributed by atoms with E-state index in [4.69, 9.17) is 9.72 Å². The molecule has 0 fully saturated rings. The van der Waals surface area contributed by atoms with Gasteiger partial charge in [0.25, 0.3) is 0 Å². The Kier molecular flexibility index (Phi) is 6.83. The molecular formula is C34H25N4OPt-. The fourth-order valence-electron chi connectivity index (χ4n) is 5.22. The molecule has 3 aromatic heterocycles. The summed E-state index contributed by atoms with van der Waals surface area (Å²) in [6.07, 6.45) is 1.86. The van der Waals surface area contributed by atoms with Gasteiger partial charge in [0.05, 0.1) is 11.4 Å². The van der Waals surface area contributed by atoms with Crippen molar-refractivity contribution in [3.63, 3.8) is 0 Å². The van der Waals surface area contributed by atoms with Gasteiger partial charge in [-0.1, -0.05) is 60.1 Å². The number of nitrogens with zero attached hydrogens (tertiary/aromatic N) is 4. The van der Waals surface area contributed by atoms with Gasteiger partial charge in [-0.05, 0) is 66.8 Å². The van der Waals surface area contributed by atoms with E-state index in [0.717, 1.165) is 61.6 Å². The van der Waals surface area contributed by atoms with E-state index in [9.17, 15) is 0 Å². The maximum absolute atomic E-state index is 6.34. The van der Waals surface area contributed by atoms with Crippen LogP contribution < -0.4 is 4.74 Å². The number of rotatable bonds is 5. The predicted octanol–water partition coefficient (Wildman–Crippen LogP) is 8.24. The standard InChI is InChI=1S/C34H25N4O.Pt/c1-23-19-24(2)38(36-23)27-11-8-12-28(21-27)39-29-15-16-31-30-13-6-7-14-32(30)37(33(31)22-29)34-20-26(17-18-35-34)25-9-4-3-5-10-25;/h3-21H,1-2H3;/q-1;. The second-order valence-electron chi connectivity index (χ2n) is 9.64. The summed E-state index contributed by atoms with van der Waals surface area (Å²) in [6.45, 7) is 4.05. The molecule has 0 saturated heterocycles. The van der Waals surface area contributed by atoms with E-state index in [1.54, 1.807) is 0 Å². The van der Waals surface area contributed by atoms with Crippen molar-refractivity contribution < 1.29 is 25.8 Å². The molecule has 0 atom stereocenters. The maximum atomic E-state index is 6.34. The summed E-state index contributed by atoms with van der Waals surface area (Å²) in [4.78, 5) is 4.77. The van der Waals surface area contributed by atoms with Gasteiger partial charge in [0.15, 0.2) is 0 Å². The molecule has 0 aliphatic rings. The third-order valence-corrected chi connectivity index (χ3v) is 6.94. The van der Waals surface area contributed by atoms with E-state index in [1.165, 1.54) is 0 Å². The summed E-state index contributed by atoms with van der Waals surface area (Å²) < 4.78 is 10.4. The molecule has 3 heterocycles. The smallest absolute Gasteiger partial charge is 0.136 e. The summed E-state index contributed by atoms with van der Waals surface area (Å²) in [5.41, 5.74) is 7.27. The summed E-state index contributed by atoms with van der Waals surface area (Å²) in [5, 5.41) is 6.86. The van der Waals surface area contributed by atoms with E-state index in [-0.39, 0.29) is 21.1 Å². The van der Waals surface area contributed by atoms with Gasteiger partial charge in [0.1, 0.15) is 11.6 Å². The Hall–Kier alpha value is -4.47. The molecule has 0 spiro atoms. The second-order valence-corrected chi connectivity index (χ2v) is 9.64. The first kappa shape index (κ1) is 25.8. The molecule has 0 aliphatic heterocycles. The zero-order valence-electron chi connectivity index (χ0n) is 22.0. The van der Waals surface area contributed by atoms with Crippen molar-refractivity contribution in [3.05, 3.63) is 133 Å². The Morgan fingerprint density at radius 1 is 0.725 bits per heavy atom. The number of fused-ring (bicyclic) bond motifs is 3. The molecule has 5 nitrogen and oxygen atoms in total. The molecule has 0 unspecified atom stereocenters. The molecule has 0 radical (unpaired) electrons. The molecule has 0 amide bonds. The van der Waals surface area contributed by atoms with Gasteiger partial charge in [-0.25, -0.2) is 9.67 Å². The number of benzene rings is 4.